The van der Waals surface area contributed by atoms with E-state index in [0.717, 1.165) is 6.08 Å². The molecule has 0 saturated heterocycles. The molecule has 76 valence electrons. The van der Waals surface area contributed by atoms with Gasteiger partial charge in [-0.05, 0) is 13.8 Å². The number of rotatable bonds is 7. The predicted molar refractivity (Wildman–Crippen MR) is 51.6 cm³/mol. The molecule has 0 N–H and O–H groups in total. The number of hydrogen-bond donors (Lipinski definition) is 0. The largest absolute Gasteiger partial charge is 0.461 e. The van der Waals surface area contributed by atoms with Gasteiger partial charge in [-0.15, -0.1) is 0 Å². The Morgan fingerprint density at radius 2 is 1.92 bits per heavy atom. The topological polar surface area (TPSA) is 44.8 Å². The Morgan fingerprint density at radius 1 is 1.38 bits per heavy atom. The molecule has 0 bridgehead atoms. The quantitative estimate of drug-likeness (QED) is 0.345. The SMILES string of the molecule is C=CC(=O)OC[SiH](OCC)OCC. The van der Waals surface area contributed by atoms with Crippen molar-refractivity contribution in [3.05, 3.63) is 12.7 Å². The summed E-state index contributed by atoms with van der Waals surface area (Å²) in [7, 11) is -1.79. The first-order valence-corrected chi connectivity index (χ1v) is 6.02. The highest BCUT2D eigenvalue weighted by molar-refractivity contribution is 6.44. The number of carbonyl (C=O) groups is 1. The van der Waals surface area contributed by atoms with Crippen molar-refractivity contribution in [2.24, 2.45) is 0 Å². The van der Waals surface area contributed by atoms with E-state index in [1.165, 1.54) is 0 Å². The van der Waals surface area contributed by atoms with Crippen LogP contribution in [0.25, 0.3) is 0 Å². The van der Waals surface area contributed by atoms with Crippen molar-refractivity contribution in [1.29, 1.82) is 0 Å². The van der Waals surface area contributed by atoms with Gasteiger partial charge in [0, 0.05) is 19.3 Å². The lowest BCUT2D eigenvalue weighted by atomic mass is 10.7. The fourth-order valence-electron chi connectivity index (χ4n) is 0.725. The van der Waals surface area contributed by atoms with Gasteiger partial charge in [0.15, 0.2) is 0 Å². The second kappa shape index (κ2) is 7.97. The molecule has 4 nitrogen and oxygen atoms in total. The molecule has 0 aromatic carbocycles. The molecular formula is C8H16O4Si. The first-order valence-electron chi connectivity index (χ1n) is 4.27. The van der Waals surface area contributed by atoms with Crippen molar-refractivity contribution in [1.82, 2.24) is 0 Å². The van der Waals surface area contributed by atoms with E-state index < -0.39 is 15.3 Å². The molecule has 0 atom stereocenters. The number of hydrogen-bond acceptors (Lipinski definition) is 4. The molecule has 0 saturated carbocycles. The smallest absolute Gasteiger partial charge is 0.360 e. The fraction of sp³-hybridized carbons (Fsp3) is 0.625. The van der Waals surface area contributed by atoms with Crippen molar-refractivity contribution in [2.75, 3.05) is 19.4 Å². The molecule has 0 aromatic rings. The molecule has 0 aromatic heterocycles. The van der Waals surface area contributed by atoms with Gasteiger partial charge in [0.1, 0.15) is 6.23 Å². The summed E-state index contributed by atoms with van der Waals surface area (Å²) in [4.78, 5) is 10.7. The lowest BCUT2D eigenvalue weighted by molar-refractivity contribution is -0.136. The van der Waals surface area contributed by atoms with Gasteiger partial charge in [-0.25, -0.2) is 4.79 Å². The maximum absolute atomic E-state index is 10.7. The Hall–Kier alpha value is -0.653. The van der Waals surface area contributed by atoms with Crippen LogP contribution >= 0.6 is 0 Å². The number of esters is 1. The molecule has 5 heteroatoms. The zero-order valence-corrected chi connectivity index (χ0v) is 9.27. The zero-order chi connectivity index (χ0) is 10.1. The summed E-state index contributed by atoms with van der Waals surface area (Å²) < 4.78 is 15.4. The van der Waals surface area contributed by atoms with Crippen LogP contribution in [-0.4, -0.2) is 34.7 Å². The van der Waals surface area contributed by atoms with E-state index in [1.807, 2.05) is 13.8 Å². The molecule has 0 rings (SSSR count). The minimum Gasteiger partial charge on any atom is -0.461 e. The summed E-state index contributed by atoms with van der Waals surface area (Å²) >= 11 is 0. The summed E-state index contributed by atoms with van der Waals surface area (Å²) in [5.74, 6) is -0.433. The van der Waals surface area contributed by atoms with Gasteiger partial charge in [-0.2, -0.15) is 0 Å². The molecule has 0 aliphatic carbocycles. The Morgan fingerprint density at radius 3 is 2.31 bits per heavy atom. The highest BCUT2D eigenvalue weighted by atomic mass is 28.3. The maximum Gasteiger partial charge on any atom is 0.360 e. The molecule has 0 heterocycles. The molecule has 0 aliphatic heterocycles. The molecule has 0 radical (unpaired) electrons. The number of carbonyl (C=O) groups excluding carboxylic acids is 1. The lowest BCUT2D eigenvalue weighted by Crippen LogP contribution is -2.30. The van der Waals surface area contributed by atoms with Crippen molar-refractivity contribution < 1.29 is 18.4 Å². The minimum absolute atomic E-state index is 0.243. The first-order chi connectivity index (χ1) is 6.24. The van der Waals surface area contributed by atoms with E-state index in [2.05, 4.69) is 6.58 Å². The Labute approximate surface area is 80.3 Å². The van der Waals surface area contributed by atoms with Gasteiger partial charge in [0.2, 0.25) is 0 Å². The van der Waals surface area contributed by atoms with Crippen LogP contribution in [0.5, 0.6) is 0 Å². The van der Waals surface area contributed by atoms with E-state index >= 15 is 0 Å². The first kappa shape index (κ1) is 12.3. The van der Waals surface area contributed by atoms with E-state index in [-0.39, 0.29) is 6.23 Å². The van der Waals surface area contributed by atoms with Gasteiger partial charge in [0.25, 0.3) is 0 Å². The van der Waals surface area contributed by atoms with Crippen LogP contribution < -0.4 is 0 Å². The van der Waals surface area contributed by atoms with Crippen LogP contribution in [0, 0.1) is 0 Å². The molecule has 13 heavy (non-hydrogen) atoms. The van der Waals surface area contributed by atoms with Crippen molar-refractivity contribution in [3.63, 3.8) is 0 Å². The summed E-state index contributed by atoms with van der Waals surface area (Å²) in [6, 6.07) is 0. The normalized spacial score (nSPS) is 10.1. The third-order valence-corrected chi connectivity index (χ3v) is 3.08. The monoisotopic (exact) mass is 204 g/mol. The van der Waals surface area contributed by atoms with E-state index in [9.17, 15) is 4.79 Å². The zero-order valence-electron chi connectivity index (χ0n) is 8.12. The van der Waals surface area contributed by atoms with Crippen LogP contribution in [0.15, 0.2) is 12.7 Å². The highest BCUT2D eigenvalue weighted by Crippen LogP contribution is 1.92. The standard InChI is InChI=1S/C8H16O4Si/c1-4-8(9)10-7-13(11-5-2)12-6-3/h4,13H,1,5-7H2,2-3H3. The van der Waals surface area contributed by atoms with E-state index in [1.54, 1.807) is 0 Å². The molecule has 0 aliphatic rings. The van der Waals surface area contributed by atoms with Crippen molar-refractivity contribution >= 4 is 15.3 Å². The highest BCUT2D eigenvalue weighted by Gasteiger charge is 2.13. The average molecular weight is 204 g/mol. The summed E-state index contributed by atoms with van der Waals surface area (Å²) in [5, 5.41) is 0. The summed E-state index contributed by atoms with van der Waals surface area (Å²) in [5.41, 5.74) is 0. The third kappa shape index (κ3) is 6.50. The second-order valence-electron chi connectivity index (χ2n) is 2.17. The van der Waals surface area contributed by atoms with Gasteiger partial charge in [-0.1, -0.05) is 6.58 Å². The van der Waals surface area contributed by atoms with Crippen LogP contribution in [0.4, 0.5) is 0 Å². The minimum atomic E-state index is -1.79. The third-order valence-electron chi connectivity index (χ3n) is 1.23. The van der Waals surface area contributed by atoms with Gasteiger partial charge in [0.05, 0.1) is 0 Å². The predicted octanol–water partition coefficient (Wildman–Crippen LogP) is 0.548. The van der Waals surface area contributed by atoms with Crippen LogP contribution in [0.1, 0.15) is 13.8 Å². The van der Waals surface area contributed by atoms with Crippen molar-refractivity contribution in [3.8, 4) is 0 Å². The van der Waals surface area contributed by atoms with E-state index in [4.69, 9.17) is 13.6 Å². The maximum atomic E-state index is 10.7. The van der Waals surface area contributed by atoms with Gasteiger partial charge < -0.3 is 13.6 Å². The Kier molecular flexibility index (Phi) is 7.57. The number of ether oxygens (including phenoxy) is 1. The molecule has 0 spiro atoms. The molecule has 0 amide bonds. The second-order valence-corrected chi connectivity index (χ2v) is 4.03. The van der Waals surface area contributed by atoms with Crippen LogP contribution in [-0.2, 0) is 18.4 Å². The molecule has 0 fully saturated rings. The fourth-order valence-corrected chi connectivity index (χ4v) is 2.06. The van der Waals surface area contributed by atoms with Gasteiger partial charge in [-0.3, -0.25) is 0 Å². The van der Waals surface area contributed by atoms with Gasteiger partial charge >= 0.3 is 15.3 Å². The molecular weight excluding hydrogens is 188 g/mol. The summed E-state index contributed by atoms with van der Waals surface area (Å²) in [6.07, 6.45) is 1.37. The average Bonchev–Trinajstić information content (AvgIpc) is 2.14. The molecule has 0 unspecified atom stereocenters. The van der Waals surface area contributed by atoms with E-state index in [0.29, 0.717) is 13.2 Å². The van der Waals surface area contributed by atoms with Crippen molar-refractivity contribution in [2.45, 2.75) is 13.8 Å². The Balaban J connectivity index is 3.67. The van der Waals surface area contributed by atoms with Crippen LogP contribution in [0.2, 0.25) is 0 Å². The van der Waals surface area contributed by atoms with Crippen LogP contribution in [0.3, 0.4) is 0 Å². The lowest BCUT2D eigenvalue weighted by Gasteiger charge is -2.13. The Bertz CT molecular complexity index is 154. The summed E-state index contributed by atoms with van der Waals surface area (Å²) in [6.45, 7) is 8.23.